The maximum absolute atomic E-state index is 12.3. The average molecular weight is 462 g/mol. The third-order valence-corrected chi connectivity index (χ3v) is 12.1. The molecule has 1 aliphatic heterocycles. The molecule has 0 aromatic carbocycles. The Kier molecular flexibility index (Phi) is 6.03. The van der Waals surface area contributed by atoms with E-state index in [0.29, 0.717) is 29.8 Å². The molecule has 5 heteroatoms. The van der Waals surface area contributed by atoms with E-state index in [0.717, 1.165) is 36.0 Å². The number of carbonyl (C=O) groups is 1. The number of cyclic esters (lactones) is 1. The molecule has 0 saturated heterocycles. The van der Waals surface area contributed by atoms with Crippen molar-refractivity contribution in [1.29, 1.82) is 0 Å². The standard InChI is InChI=1S/C27H43NO3S/c1-25-10-7-20(32-14-13-28(3)4)16-19(25)5-6-23-22(25)8-11-26(2)21(9-12-27(23,26)30)18-15-24(29)31-17-18/h15,19-23,30H,5-14,16-17H2,1-4H3/t19-,20+,21-,22+,23-,25+,26-,27+/m1/s1. The highest BCUT2D eigenvalue weighted by Crippen LogP contribution is 2.70. The minimum Gasteiger partial charge on any atom is -0.458 e. The van der Waals surface area contributed by atoms with Crippen LogP contribution in [0.15, 0.2) is 11.6 Å². The zero-order chi connectivity index (χ0) is 22.7. The van der Waals surface area contributed by atoms with E-state index in [-0.39, 0.29) is 11.4 Å². The summed E-state index contributed by atoms with van der Waals surface area (Å²) in [7, 11) is 4.34. The van der Waals surface area contributed by atoms with Gasteiger partial charge in [-0.1, -0.05) is 13.8 Å². The monoisotopic (exact) mass is 461 g/mol. The van der Waals surface area contributed by atoms with Gasteiger partial charge in [-0.05, 0) is 107 Å². The Balaban J connectivity index is 1.32. The van der Waals surface area contributed by atoms with Crippen LogP contribution in [0.1, 0.15) is 71.6 Å². The molecule has 5 rings (SSSR count). The fourth-order valence-corrected chi connectivity index (χ4v) is 10.4. The third kappa shape index (κ3) is 3.51. The molecule has 0 bridgehead atoms. The van der Waals surface area contributed by atoms with Crippen molar-refractivity contribution in [2.45, 2.75) is 82.5 Å². The number of rotatable bonds is 5. The lowest BCUT2D eigenvalue weighted by molar-refractivity contribution is -0.203. The normalized spacial score (nSPS) is 48.1. The molecule has 180 valence electrons. The largest absolute Gasteiger partial charge is 0.458 e. The van der Waals surface area contributed by atoms with Crippen molar-refractivity contribution in [3.63, 3.8) is 0 Å². The van der Waals surface area contributed by atoms with Crippen LogP contribution in [-0.4, -0.2) is 59.8 Å². The van der Waals surface area contributed by atoms with Gasteiger partial charge in [-0.2, -0.15) is 11.8 Å². The molecule has 0 radical (unpaired) electrons. The highest BCUT2D eigenvalue weighted by molar-refractivity contribution is 7.99. The predicted octanol–water partition coefficient (Wildman–Crippen LogP) is 4.91. The number of ether oxygens (including phenoxy) is 1. The summed E-state index contributed by atoms with van der Waals surface area (Å²) in [5, 5.41) is 13.1. The van der Waals surface area contributed by atoms with Gasteiger partial charge in [0.15, 0.2) is 0 Å². The summed E-state index contributed by atoms with van der Waals surface area (Å²) in [6.07, 6.45) is 12.5. The fourth-order valence-electron chi connectivity index (χ4n) is 8.92. The number of carbonyl (C=O) groups excluding carboxylic acids is 1. The van der Waals surface area contributed by atoms with Gasteiger partial charge in [-0.3, -0.25) is 0 Å². The zero-order valence-electron chi connectivity index (χ0n) is 20.6. The van der Waals surface area contributed by atoms with Gasteiger partial charge >= 0.3 is 5.97 Å². The van der Waals surface area contributed by atoms with Gasteiger partial charge in [0.05, 0.1) is 5.60 Å². The summed E-state index contributed by atoms with van der Waals surface area (Å²) in [6.45, 7) is 6.53. The lowest BCUT2D eigenvalue weighted by atomic mass is 9.43. The minimum absolute atomic E-state index is 0.115. The number of esters is 1. The van der Waals surface area contributed by atoms with Crippen LogP contribution < -0.4 is 0 Å². The molecule has 32 heavy (non-hydrogen) atoms. The van der Waals surface area contributed by atoms with Crippen molar-refractivity contribution in [1.82, 2.24) is 4.90 Å². The molecule has 0 spiro atoms. The lowest BCUT2D eigenvalue weighted by Crippen LogP contribution is -2.62. The van der Waals surface area contributed by atoms with E-state index in [1.807, 2.05) is 0 Å². The fraction of sp³-hybridized carbons (Fsp3) is 0.889. The molecule has 4 nitrogen and oxygen atoms in total. The number of fused-ring (bicyclic) bond motifs is 5. The van der Waals surface area contributed by atoms with E-state index < -0.39 is 5.60 Å². The first-order chi connectivity index (χ1) is 15.2. The molecule has 4 fully saturated rings. The second kappa shape index (κ2) is 8.30. The molecule has 4 aliphatic carbocycles. The number of hydrogen-bond acceptors (Lipinski definition) is 5. The molecule has 0 amide bonds. The summed E-state index contributed by atoms with van der Waals surface area (Å²) in [4.78, 5) is 14.0. The summed E-state index contributed by atoms with van der Waals surface area (Å²) in [5.41, 5.74) is 0.832. The Morgan fingerprint density at radius 2 is 1.91 bits per heavy atom. The molecular weight excluding hydrogens is 418 g/mol. The Morgan fingerprint density at radius 1 is 1.09 bits per heavy atom. The van der Waals surface area contributed by atoms with Crippen molar-refractivity contribution < 1.29 is 14.6 Å². The minimum atomic E-state index is -0.585. The molecule has 0 unspecified atom stereocenters. The van der Waals surface area contributed by atoms with Gasteiger partial charge in [0.2, 0.25) is 0 Å². The van der Waals surface area contributed by atoms with Crippen LogP contribution in [0.3, 0.4) is 0 Å². The Labute approximate surface area is 198 Å². The van der Waals surface area contributed by atoms with E-state index in [1.54, 1.807) is 6.08 Å². The van der Waals surface area contributed by atoms with Crippen molar-refractivity contribution in [3.05, 3.63) is 11.6 Å². The molecule has 0 aromatic rings. The molecular formula is C27H43NO3S. The van der Waals surface area contributed by atoms with Crippen molar-refractivity contribution >= 4 is 17.7 Å². The second-order valence-electron chi connectivity index (χ2n) is 12.4. The van der Waals surface area contributed by atoms with Crippen LogP contribution in [0.4, 0.5) is 0 Å². The lowest BCUT2D eigenvalue weighted by Gasteiger charge is -2.64. The van der Waals surface area contributed by atoms with Gasteiger partial charge in [0.25, 0.3) is 0 Å². The van der Waals surface area contributed by atoms with Crippen LogP contribution in [0, 0.1) is 34.5 Å². The quantitative estimate of drug-likeness (QED) is 0.590. The summed E-state index contributed by atoms with van der Waals surface area (Å²) < 4.78 is 5.26. The Morgan fingerprint density at radius 3 is 2.62 bits per heavy atom. The van der Waals surface area contributed by atoms with E-state index in [9.17, 15) is 9.90 Å². The van der Waals surface area contributed by atoms with Gasteiger partial charge in [0, 0.05) is 29.0 Å². The Hall–Kier alpha value is -0.520. The third-order valence-electron chi connectivity index (χ3n) is 10.8. The van der Waals surface area contributed by atoms with Crippen LogP contribution in [-0.2, 0) is 9.53 Å². The van der Waals surface area contributed by atoms with Crippen LogP contribution >= 0.6 is 11.8 Å². The topological polar surface area (TPSA) is 49.8 Å². The number of thioether (sulfide) groups is 1. The molecule has 8 atom stereocenters. The summed E-state index contributed by atoms with van der Waals surface area (Å²) >= 11 is 2.20. The van der Waals surface area contributed by atoms with E-state index in [2.05, 4.69) is 44.6 Å². The van der Waals surface area contributed by atoms with E-state index in [4.69, 9.17) is 4.74 Å². The van der Waals surface area contributed by atoms with E-state index >= 15 is 0 Å². The first-order valence-electron chi connectivity index (χ1n) is 13.0. The predicted molar refractivity (Wildman–Crippen MR) is 131 cm³/mol. The van der Waals surface area contributed by atoms with Crippen LogP contribution in [0.5, 0.6) is 0 Å². The highest BCUT2D eigenvalue weighted by atomic mass is 32.2. The van der Waals surface area contributed by atoms with Gasteiger partial charge in [-0.25, -0.2) is 4.79 Å². The van der Waals surface area contributed by atoms with Crippen molar-refractivity contribution in [3.8, 4) is 0 Å². The van der Waals surface area contributed by atoms with Crippen molar-refractivity contribution in [2.24, 2.45) is 34.5 Å². The summed E-state index contributed by atoms with van der Waals surface area (Å²) in [5.74, 6) is 3.25. The highest BCUT2D eigenvalue weighted by Gasteiger charge is 2.67. The van der Waals surface area contributed by atoms with Gasteiger partial charge < -0.3 is 14.7 Å². The molecule has 0 aromatic heterocycles. The maximum Gasteiger partial charge on any atom is 0.331 e. The first-order valence-corrected chi connectivity index (χ1v) is 14.1. The molecule has 1 N–H and O–H groups in total. The smallest absolute Gasteiger partial charge is 0.331 e. The van der Waals surface area contributed by atoms with Gasteiger partial charge in [0.1, 0.15) is 6.61 Å². The van der Waals surface area contributed by atoms with Gasteiger partial charge in [-0.15, -0.1) is 0 Å². The number of hydrogen-bond donors (Lipinski definition) is 1. The zero-order valence-corrected chi connectivity index (χ0v) is 21.4. The summed E-state index contributed by atoms with van der Waals surface area (Å²) in [6, 6.07) is 0. The molecule has 5 aliphatic rings. The molecule has 1 heterocycles. The SMILES string of the molecule is CN(C)CCS[C@H]1CC[C@@]2(C)[C@H](CC[C@@H]3[C@@H]2CC[C@]2(C)[C@@H](C4=CC(=O)OC4)CC[C@]32O)C1. The Bertz CT molecular complexity index is 783. The second-order valence-corrected chi connectivity index (χ2v) is 13.8. The number of aliphatic hydroxyl groups is 1. The average Bonchev–Trinajstić information content (AvgIpc) is 3.28. The van der Waals surface area contributed by atoms with Crippen LogP contribution in [0.2, 0.25) is 0 Å². The number of nitrogens with zero attached hydrogens (tertiary/aromatic N) is 1. The maximum atomic E-state index is 12.3. The van der Waals surface area contributed by atoms with E-state index in [1.165, 1.54) is 50.8 Å². The first kappa shape index (κ1) is 23.2. The molecule has 4 saturated carbocycles. The van der Waals surface area contributed by atoms with Crippen LogP contribution in [0.25, 0.3) is 0 Å². The van der Waals surface area contributed by atoms with Crippen molar-refractivity contribution in [2.75, 3.05) is 33.0 Å².